The first-order chi connectivity index (χ1) is 11.0. The summed E-state index contributed by atoms with van der Waals surface area (Å²) in [5.74, 6) is 0.995. The van der Waals surface area contributed by atoms with E-state index in [0.717, 1.165) is 32.1 Å². The summed E-state index contributed by atoms with van der Waals surface area (Å²) in [5.41, 5.74) is 0.346. The highest BCUT2D eigenvalue weighted by Crippen LogP contribution is 2.43. The SMILES string of the molecule is CN=C(NCC1(CCOC)CCC1)N1CC(C)C(C(=O)OC)C1. The third-order valence-electron chi connectivity index (χ3n) is 5.50. The van der Waals surface area contributed by atoms with Crippen molar-refractivity contribution in [3.8, 4) is 0 Å². The van der Waals surface area contributed by atoms with E-state index in [1.165, 1.54) is 26.4 Å². The Morgan fingerprint density at radius 1 is 1.35 bits per heavy atom. The number of rotatable bonds is 6. The monoisotopic (exact) mass is 325 g/mol. The van der Waals surface area contributed by atoms with Gasteiger partial charge in [0.1, 0.15) is 0 Å². The standard InChI is InChI=1S/C17H31N3O3/c1-13-10-20(11-14(13)15(21)23-4)16(18-2)19-12-17(6-5-7-17)8-9-22-3/h13-14H,5-12H2,1-4H3,(H,18,19). The van der Waals surface area contributed by atoms with Gasteiger partial charge in [-0.15, -0.1) is 0 Å². The highest BCUT2D eigenvalue weighted by atomic mass is 16.5. The number of carbonyl (C=O) groups excluding carboxylic acids is 1. The van der Waals surface area contributed by atoms with E-state index in [1.54, 1.807) is 14.2 Å². The van der Waals surface area contributed by atoms with Crippen molar-refractivity contribution < 1.29 is 14.3 Å². The molecule has 0 aromatic rings. The van der Waals surface area contributed by atoms with Crippen LogP contribution in [0.3, 0.4) is 0 Å². The Kier molecular flexibility index (Phi) is 6.27. The molecule has 0 spiro atoms. The number of ether oxygens (including phenoxy) is 2. The number of hydrogen-bond acceptors (Lipinski definition) is 4. The molecule has 2 fully saturated rings. The van der Waals surface area contributed by atoms with Gasteiger partial charge in [-0.25, -0.2) is 0 Å². The minimum absolute atomic E-state index is 0.0651. The number of aliphatic imine (C=N–C) groups is 1. The van der Waals surface area contributed by atoms with Crippen LogP contribution in [0.2, 0.25) is 0 Å². The molecular formula is C17H31N3O3. The molecule has 132 valence electrons. The number of methoxy groups -OCH3 is 2. The summed E-state index contributed by atoms with van der Waals surface area (Å²) < 4.78 is 10.2. The molecule has 2 atom stereocenters. The number of esters is 1. The van der Waals surface area contributed by atoms with Crippen molar-refractivity contribution in [2.45, 2.75) is 32.6 Å². The molecule has 0 amide bonds. The molecule has 1 heterocycles. The highest BCUT2D eigenvalue weighted by Gasteiger charge is 2.39. The summed E-state index contributed by atoms with van der Waals surface area (Å²) in [4.78, 5) is 18.4. The zero-order valence-electron chi connectivity index (χ0n) is 14.9. The summed E-state index contributed by atoms with van der Waals surface area (Å²) in [6.07, 6.45) is 4.90. The van der Waals surface area contributed by atoms with Crippen LogP contribution in [0.4, 0.5) is 0 Å². The molecule has 1 aliphatic carbocycles. The van der Waals surface area contributed by atoms with Crippen molar-refractivity contribution in [1.29, 1.82) is 0 Å². The smallest absolute Gasteiger partial charge is 0.310 e. The largest absolute Gasteiger partial charge is 0.469 e. The van der Waals surface area contributed by atoms with Crippen LogP contribution < -0.4 is 5.32 Å². The lowest BCUT2D eigenvalue weighted by atomic mass is 9.67. The first-order valence-electron chi connectivity index (χ1n) is 8.57. The maximum atomic E-state index is 11.8. The summed E-state index contributed by atoms with van der Waals surface area (Å²) in [5, 5.41) is 3.53. The molecule has 0 radical (unpaired) electrons. The van der Waals surface area contributed by atoms with E-state index in [4.69, 9.17) is 9.47 Å². The van der Waals surface area contributed by atoms with Crippen LogP contribution in [0.5, 0.6) is 0 Å². The fourth-order valence-electron chi connectivity index (χ4n) is 3.71. The maximum absolute atomic E-state index is 11.8. The first-order valence-corrected chi connectivity index (χ1v) is 8.57. The molecule has 1 saturated heterocycles. The van der Waals surface area contributed by atoms with Gasteiger partial charge in [0.05, 0.1) is 13.0 Å². The Hall–Kier alpha value is -1.30. The lowest BCUT2D eigenvalue weighted by Gasteiger charge is -2.42. The molecule has 0 bridgehead atoms. The Labute approximate surface area is 139 Å². The van der Waals surface area contributed by atoms with Gasteiger partial charge in [-0.1, -0.05) is 13.3 Å². The van der Waals surface area contributed by atoms with E-state index in [-0.39, 0.29) is 17.8 Å². The molecule has 1 N–H and O–H groups in total. The second kappa shape index (κ2) is 7.99. The summed E-state index contributed by atoms with van der Waals surface area (Å²) in [7, 11) is 5.03. The van der Waals surface area contributed by atoms with Crippen LogP contribution in [-0.4, -0.2) is 64.3 Å². The van der Waals surface area contributed by atoms with Crippen LogP contribution in [0.25, 0.3) is 0 Å². The van der Waals surface area contributed by atoms with Gasteiger partial charge in [-0.2, -0.15) is 0 Å². The molecule has 0 aromatic heterocycles. The Balaban J connectivity index is 1.90. The van der Waals surface area contributed by atoms with Gasteiger partial charge >= 0.3 is 5.97 Å². The average Bonchev–Trinajstić information content (AvgIpc) is 2.90. The molecule has 2 aliphatic rings. The minimum atomic E-state index is -0.119. The molecule has 1 saturated carbocycles. The van der Waals surface area contributed by atoms with Crippen LogP contribution in [0.1, 0.15) is 32.6 Å². The van der Waals surface area contributed by atoms with Gasteiger partial charge in [0.25, 0.3) is 0 Å². The van der Waals surface area contributed by atoms with Crippen molar-refractivity contribution in [2.24, 2.45) is 22.2 Å². The number of hydrogen-bond donors (Lipinski definition) is 1. The third-order valence-corrected chi connectivity index (χ3v) is 5.50. The van der Waals surface area contributed by atoms with E-state index in [9.17, 15) is 4.79 Å². The molecule has 23 heavy (non-hydrogen) atoms. The number of likely N-dealkylation sites (tertiary alicyclic amines) is 1. The minimum Gasteiger partial charge on any atom is -0.469 e. The zero-order valence-corrected chi connectivity index (χ0v) is 14.9. The van der Waals surface area contributed by atoms with Crippen LogP contribution >= 0.6 is 0 Å². The fourth-order valence-corrected chi connectivity index (χ4v) is 3.71. The van der Waals surface area contributed by atoms with Crippen molar-refractivity contribution in [3.05, 3.63) is 0 Å². The van der Waals surface area contributed by atoms with Gasteiger partial charge in [-0.05, 0) is 30.6 Å². The summed E-state index contributed by atoms with van der Waals surface area (Å²) in [6, 6.07) is 0. The number of nitrogens with one attached hydrogen (secondary N) is 1. The molecule has 1 aliphatic heterocycles. The molecule has 6 nitrogen and oxygen atoms in total. The predicted molar refractivity (Wildman–Crippen MR) is 90.4 cm³/mol. The second-order valence-corrected chi connectivity index (χ2v) is 7.01. The van der Waals surface area contributed by atoms with Crippen molar-refractivity contribution in [1.82, 2.24) is 10.2 Å². The lowest BCUT2D eigenvalue weighted by molar-refractivity contribution is -0.145. The van der Waals surface area contributed by atoms with Crippen molar-refractivity contribution in [3.63, 3.8) is 0 Å². The number of carbonyl (C=O) groups is 1. The first kappa shape index (κ1) is 18.0. The number of nitrogens with zero attached hydrogens (tertiary/aromatic N) is 2. The fraction of sp³-hybridized carbons (Fsp3) is 0.882. The zero-order chi connectivity index (χ0) is 16.9. The second-order valence-electron chi connectivity index (χ2n) is 7.01. The van der Waals surface area contributed by atoms with E-state index >= 15 is 0 Å². The van der Waals surface area contributed by atoms with Crippen molar-refractivity contribution >= 4 is 11.9 Å². The van der Waals surface area contributed by atoms with Gasteiger partial charge in [0.2, 0.25) is 0 Å². The summed E-state index contributed by atoms with van der Waals surface area (Å²) >= 11 is 0. The third kappa shape index (κ3) is 4.16. The average molecular weight is 325 g/mol. The van der Waals surface area contributed by atoms with Crippen molar-refractivity contribution in [2.75, 3.05) is 47.5 Å². The summed E-state index contributed by atoms with van der Waals surface area (Å²) in [6.45, 7) is 5.35. The normalized spacial score (nSPS) is 26.8. The molecule has 6 heteroatoms. The van der Waals surface area contributed by atoms with Gasteiger partial charge < -0.3 is 19.7 Å². The Morgan fingerprint density at radius 2 is 2.09 bits per heavy atom. The quantitative estimate of drug-likeness (QED) is 0.456. The molecule has 0 aromatic carbocycles. The van der Waals surface area contributed by atoms with E-state index in [2.05, 4.69) is 22.1 Å². The topological polar surface area (TPSA) is 63.2 Å². The van der Waals surface area contributed by atoms with Gasteiger partial charge in [0, 0.05) is 40.4 Å². The van der Waals surface area contributed by atoms with Crippen LogP contribution in [-0.2, 0) is 14.3 Å². The molecule has 2 rings (SSSR count). The van der Waals surface area contributed by atoms with Gasteiger partial charge in [0.15, 0.2) is 5.96 Å². The van der Waals surface area contributed by atoms with E-state index < -0.39 is 0 Å². The Bertz CT molecular complexity index is 435. The molecule has 2 unspecified atom stereocenters. The van der Waals surface area contributed by atoms with E-state index in [0.29, 0.717) is 12.0 Å². The van der Waals surface area contributed by atoms with Crippen LogP contribution in [0.15, 0.2) is 4.99 Å². The maximum Gasteiger partial charge on any atom is 0.310 e. The van der Waals surface area contributed by atoms with E-state index in [1.807, 2.05) is 0 Å². The molecular weight excluding hydrogens is 294 g/mol. The van der Waals surface area contributed by atoms with Gasteiger partial charge in [-0.3, -0.25) is 9.79 Å². The highest BCUT2D eigenvalue weighted by molar-refractivity contribution is 5.82. The van der Waals surface area contributed by atoms with Crippen LogP contribution in [0, 0.1) is 17.3 Å². The lowest BCUT2D eigenvalue weighted by Crippen LogP contribution is -2.48. The Morgan fingerprint density at radius 3 is 2.61 bits per heavy atom. The predicted octanol–water partition coefficient (Wildman–Crippen LogP) is 1.51. The number of guanidine groups is 1.